The average molecular weight is 385 g/mol. The molecule has 4 nitrogen and oxygen atoms in total. The second-order valence-corrected chi connectivity index (χ2v) is 8.59. The normalized spacial score (nSPS) is 16.4. The quantitative estimate of drug-likeness (QED) is 0.807. The molecular formula is C17H18Cl2N2O2S. The highest BCUT2D eigenvalue weighted by Gasteiger charge is 2.29. The van der Waals surface area contributed by atoms with Gasteiger partial charge in [-0.3, -0.25) is 0 Å². The van der Waals surface area contributed by atoms with Gasteiger partial charge in [0.2, 0.25) is 10.0 Å². The van der Waals surface area contributed by atoms with Gasteiger partial charge in [-0.15, -0.1) is 0 Å². The Kier molecular flexibility index (Phi) is 5.06. The smallest absolute Gasteiger partial charge is 0.243 e. The molecule has 0 unspecified atom stereocenters. The number of hydrogen-bond acceptors (Lipinski definition) is 3. The first-order chi connectivity index (χ1) is 11.4. The van der Waals surface area contributed by atoms with Gasteiger partial charge in [-0.05, 0) is 42.8 Å². The molecule has 0 saturated carbocycles. The Morgan fingerprint density at radius 3 is 2.25 bits per heavy atom. The zero-order valence-corrected chi connectivity index (χ0v) is 15.6. The second kappa shape index (κ2) is 6.92. The van der Waals surface area contributed by atoms with Crippen LogP contribution in [0, 0.1) is 6.92 Å². The van der Waals surface area contributed by atoms with E-state index in [0.29, 0.717) is 36.2 Å². The fraction of sp³-hybridized carbons (Fsp3) is 0.294. The van der Waals surface area contributed by atoms with E-state index in [1.165, 1.54) is 10.4 Å². The Hall–Kier alpha value is -1.27. The van der Waals surface area contributed by atoms with E-state index in [1.54, 1.807) is 18.2 Å². The summed E-state index contributed by atoms with van der Waals surface area (Å²) in [7, 11) is -3.51. The zero-order chi connectivity index (χ0) is 17.3. The van der Waals surface area contributed by atoms with Crippen molar-refractivity contribution in [2.75, 3.05) is 31.1 Å². The molecule has 7 heteroatoms. The van der Waals surface area contributed by atoms with E-state index < -0.39 is 10.0 Å². The van der Waals surface area contributed by atoms with Crippen LogP contribution in [0.4, 0.5) is 5.69 Å². The van der Waals surface area contributed by atoms with Gasteiger partial charge in [-0.1, -0.05) is 35.3 Å². The number of aryl methyl sites for hydroxylation is 1. The van der Waals surface area contributed by atoms with E-state index in [0.717, 1.165) is 11.3 Å². The first kappa shape index (κ1) is 17.5. The monoisotopic (exact) mass is 384 g/mol. The van der Waals surface area contributed by atoms with Crippen LogP contribution in [0.25, 0.3) is 0 Å². The van der Waals surface area contributed by atoms with E-state index in [2.05, 4.69) is 4.90 Å². The molecule has 0 spiro atoms. The molecule has 128 valence electrons. The highest BCUT2D eigenvalue weighted by molar-refractivity contribution is 7.89. The molecule has 1 aliphatic rings. The van der Waals surface area contributed by atoms with E-state index in [-0.39, 0.29) is 4.90 Å². The summed E-state index contributed by atoms with van der Waals surface area (Å²) in [6.07, 6.45) is 0. The predicted octanol–water partition coefficient (Wildman–Crippen LogP) is 3.81. The Labute approximate surface area is 152 Å². The molecule has 1 fully saturated rings. The minimum absolute atomic E-state index is 0.238. The lowest BCUT2D eigenvalue weighted by molar-refractivity contribution is 0.385. The first-order valence-electron chi connectivity index (χ1n) is 7.65. The van der Waals surface area contributed by atoms with Crippen molar-refractivity contribution in [2.45, 2.75) is 11.8 Å². The van der Waals surface area contributed by atoms with E-state index in [9.17, 15) is 8.42 Å². The Morgan fingerprint density at radius 2 is 1.58 bits per heavy atom. The summed E-state index contributed by atoms with van der Waals surface area (Å²) in [6.45, 7) is 4.14. The largest absolute Gasteiger partial charge is 0.369 e. The van der Waals surface area contributed by atoms with Crippen molar-refractivity contribution in [3.63, 3.8) is 0 Å². The Balaban J connectivity index is 1.76. The van der Waals surface area contributed by atoms with E-state index >= 15 is 0 Å². The van der Waals surface area contributed by atoms with Crippen LogP contribution in [0.3, 0.4) is 0 Å². The Morgan fingerprint density at radius 1 is 0.917 bits per heavy atom. The van der Waals surface area contributed by atoms with Crippen molar-refractivity contribution < 1.29 is 8.42 Å². The van der Waals surface area contributed by atoms with E-state index in [1.807, 2.05) is 25.1 Å². The molecule has 0 radical (unpaired) electrons. The molecule has 0 aliphatic carbocycles. The maximum Gasteiger partial charge on any atom is 0.243 e. The van der Waals surface area contributed by atoms with Gasteiger partial charge in [0.15, 0.2) is 0 Å². The lowest BCUT2D eigenvalue weighted by Crippen LogP contribution is -2.48. The van der Waals surface area contributed by atoms with Gasteiger partial charge in [-0.2, -0.15) is 4.31 Å². The molecular weight excluding hydrogens is 367 g/mol. The van der Waals surface area contributed by atoms with Crippen LogP contribution in [0.2, 0.25) is 10.0 Å². The van der Waals surface area contributed by atoms with Crippen LogP contribution in [0.1, 0.15) is 5.56 Å². The topological polar surface area (TPSA) is 40.6 Å². The van der Waals surface area contributed by atoms with Gasteiger partial charge >= 0.3 is 0 Å². The van der Waals surface area contributed by atoms with Crippen molar-refractivity contribution in [3.05, 3.63) is 58.1 Å². The average Bonchev–Trinajstić information content (AvgIpc) is 2.57. The maximum absolute atomic E-state index is 12.7. The van der Waals surface area contributed by atoms with Crippen LogP contribution >= 0.6 is 23.2 Å². The van der Waals surface area contributed by atoms with Crippen LogP contribution in [-0.2, 0) is 10.0 Å². The number of halogens is 2. The van der Waals surface area contributed by atoms with Gasteiger partial charge in [0.25, 0.3) is 0 Å². The number of rotatable bonds is 3. The highest BCUT2D eigenvalue weighted by atomic mass is 35.5. The summed E-state index contributed by atoms with van der Waals surface area (Å²) in [5.41, 5.74) is 2.19. The number of nitrogens with zero attached hydrogens (tertiary/aromatic N) is 2. The van der Waals surface area contributed by atoms with Crippen LogP contribution in [-0.4, -0.2) is 38.9 Å². The number of anilines is 1. The second-order valence-electron chi connectivity index (χ2n) is 5.78. The molecule has 0 bridgehead atoms. The van der Waals surface area contributed by atoms with Crippen LogP contribution < -0.4 is 4.90 Å². The van der Waals surface area contributed by atoms with Crippen molar-refractivity contribution in [1.82, 2.24) is 4.31 Å². The lowest BCUT2D eigenvalue weighted by Gasteiger charge is -2.36. The van der Waals surface area contributed by atoms with Crippen molar-refractivity contribution in [1.29, 1.82) is 0 Å². The molecule has 0 amide bonds. The summed E-state index contributed by atoms with van der Waals surface area (Å²) in [6, 6.07) is 12.2. The highest BCUT2D eigenvalue weighted by Crippen LogP contribution is 2.27. The molecule has 2 aromatic carbocycles. The molecule has 1 saturated heterocycles. The summed E-state index contributed by atoms with van der Waals surface area (Å²) < 4.78 is 27.0. The van der Waals surface area contributed by atoms with Gasteiger partial charge in [0.05, 0.1) is 4.90 Å². The number of benzene rings is 2. The third-order valence-corrected chi connectivity index (χ3v) is 6.55. The van der Waals surface area contributed by atoms with Gasteiger partial charge in [-0.25, -0.2) is 8.42 Å². The standard InChI is InChI=1S/C17H18Cl2N2O2S/c1-13-5-6-15(19)12-17(13)20-7-9-21(10-8-20)24(22,23)16-4-2-3-14(18)11-16/h2-6,11-12H,7-10H2,1H3. The molecule has 1 aliphatic heterocycles. The fourth-order valence-electron chi connectivity index (χ4n) is 2.87. The molecule has 1 heterocycles. The summed E-state index contributed by atoms with van der Waals surface area (Å²) in [4.78, 5) is 2.41. The number of hydrogen-bond donors (Lipinski definition) is 0. The zero-order valence-electron chi connectivity index (χ0n) is 13.2. The molecule has 0 atom stereocenters. The van der Waals surface area contributed by atoms with Gasteiger partial charge in [0.1, 0.15) is 0 Å². The predicted molar refractivity (Wildman–Crippen MR) is 98.6 cm³/mol. The van der Waals surface area contributed by atoms with Crippen LogP contribution in [0.5, 0.6) is 0 Å². The van der Waals surface area contributed by atoms with Crippen molar-refractivity contribution in [3.8, 4) is 0 Å². The van der Waals surface area contributed by atoms with Crippen LogP contribution in [0.15, 0.2) is 47.4 Å². The first-order valence-corrected chi connectivity index (χ1v) is 9.84. The molecule has 2 aromatic rings. The summed E-state index contributed by atoms with van der Waals surface area (Å²) in [5, 5.41) is 1.11. The lowest BCUT2D eigenvalue weighted by atomic mass is 10.1. The third kappa shape index (κ3) is 3.54. The molecule has 0 N–H and O–H groups in total. The number of sulfonamides is 1. The minimum atomic E-state index is -3.51. The molecule has 24 heavy (non-hydrogen) atoms. The summed E-state index contributed by atoms with van der Waals surface area (Å²) >= 11 is 12.0. The summed E-state index contributed by atoms with van der Waals surface area (Å²) in [5.74, 6) is 0. The molecule has 0 aromatic heterocycles. The fourth-order valence-corrected chi connectivity index (χ4v) is 4.76. The SMILES string of the molecule is Cc1ccc(Cl)cc1N1CCN(S(=O)(=O)c2cccc(Cl)c2)CC1. The molecule has 3 rings (SSSR count). The third-order valence-electron chi connectivity index (χ3n) is 4.18. The number of piperazine rings is 1. The van der Waals surface area contributed by atoms with E-state index in [4.69, 9.17) is 23.2 Å². The Bertz CT molecular complexity index is 847. The maximum atomic E-state index is 12.7. The minimum Gasteiger partial charge on any atom is -0.369 e. The van der Waals surface area contributed by atoms with Crippen molar-refractivity contribution >= 4 is 38.9 Å². The van der Waals surface area contributed by atoms with Gasteiger partial charge < -0.3 is 4.90 Å². The van der Waals surface area contributed by atoms with Crippen molar-refractivity contribution in [2.24, 2.45) is 0 Å². The van der Waals surface area contributed by atoms with Gasteiger partial charge in [0, 0.05) is 41.9 Å².